The van der Waals surface area contributed by atoms with Crippen LogP contribution in [0.1, 0.15) is 245 Å². The highest BCUT2D eigenvalue weighted by Gasteiger charge is 2.27. The number of ether oxygens (including phenoxy) is 1. The van der Waals surface area contributed by atoms with Crippen molar-refractivity contribution in [1.82, 2.24) is 5.32 Å². The predicted molar refractivity (Wildman–Crippen MR) is 334 cm³/mol. The molecule has 9 nitrogen and oxygen atoms in total. The van der Waals surface area contributed by atoms with E-state index >= 15 is 0 Å². The van der Waals surface area contributed by atoms with Crippen molar-refractivity contribution in [3.05, 3.63) is 122 Å². The number of esters is 1. The Morgan fingerprint density at radius 1 is 0.462 bits per heavy atom. The minimum Gasteiger partial charge on any atom is -0.756 e. The Morgan fingerprint density at radius 2 is 0.821 bits per heavy atom. The maximum absolute atomic E-state index is 13.5. The largest absolute Gasteiger partial charge is 0.756 e. The number of hydrogen-bond acceptors (Lipinski definition) is 7. The van der Waals surface area contributed by atoms with Gasteiger partial charge in [-0.2, -0.15) is 0 Å². The van der Waals surface area contributed by atoms with Crippen LogP contribution in [0.3, 0.4) is 0 Å². The summed E-state index contributed by atoms with van der Waals surface area (Å²) in [4.78, 5) is 40.0. The van der Waals surface area contributed by atoms with E-state index in [9.17, 15) is 19.0 Å². The van der Waals surface area contributed by atoms with Gasteiger partial charge in [0.15, 0.2) is 0 Å². The molecule has 0 heterocycles. The lowest BCUT2D eigenvalue weighted by molar-refractivity contribution is -0.870. The van der Waals surface area contributed by atoms with Crippen molar-refractivity contribution in [1.29, 1.82) is 0 Å². The van der Waals surface area contributed by atoms with Crippen LogP contribution in [0.5, 0.6) is 0 Å². The van der Waals surface area contributed by atoms with Gasteiger partial charge >= 0.3 is 5.97 Å². The number of likely N-dealkylation sites (N-methyl/N-ethyl adjacent to an activating group) is 1. The standard InChI is InChI=1S/C68H117N2O7P/c1-7-10-13-16-19-22-25-28-30-32-34-35-37-39-41-43-46-49-52-55-58-61-68(72)77-66(59-56-53-50-47-44-27-24-21-18-15-12-9-3)65(64-76-78(73,74)75-63-62-70(4,5)6)69-67(71)60-57-54-51-48-45-42-40-38-36-33-31-29-26-23-20-17-14-11-8-2/h11,14,19-20,22-23,28-31,34-36,38-39,41-42,45,56,59,65-66H,7-10,12-13,15-18,21,24-27,32-33,37,40,43-44,46-55,57-58,60-64H2,1-6H3,(H-,69,71,73,74)/b14-11-,22-19-,23-20-,30-28-,31-29-,35-34-,38-36-,41-39-,45-42-,59-56+. The summed E-state index contributed by atoms with van der Waals surface area (Å²) >= 11 is 0. The van der Waals surface area contributed by atoms with E-state index in [1.807, 2.05) is 33.3 Å². The lowest BCUT2D eigenvalue weighted by Gasteiger charge is -2.30. The number of phosphoric acid groups is 1. The topological polar surface area (TPSA) is 114 Å². The van der Waals surface area contributed by atoms with Crippen LogP contribution in [0.15, 0.2) is 122 Å². The Balaban J connectivity index is 5.36. The van der Waals surface area contributed by atoms with Crippen LogP contribution in [0.4, 0.5) is 0 Å². The fourth-order valence-electron chi connectivity index (χ4n) is 8.30. The first-order chi connectivity index (χ1) is 37.9. The molecule has 0 saturated heterocycles. The van der Waals surface area contributed by atoms with E-state index in [1.165, 1.54) is 77.0 Å². The van der Waals surface area contributed by atoms with Crippen molar-refractivity contribution in [2.75, 3.05) is 40.9 Å². The molecule has 0 aromatic rings. The highest BCUT2D eigenvalue weighted by atomic mass is 31.2. The summed E-state index contributed by atoms with van der Waals surface area (Å²) in [6.45, 7) is 6.64. The molecule has 0 spiro atoms. The van der Waals surface area contributed by atoms with E-state index in [0.29, 0.717) is 23.9 Å². The normalized spacial score (nSPS) is 14.5. The van der Waals surface area contributed by atoms with Crippen molar-refractivity contribution >= 4 is 19.7 Å². The average molecular weight is 1110 g/mol. The lowest BCUT2D eigenvalue weighted by Crippen LogP contribution is -2.47. The summed E-state index contributed by atoms with van der Waals surface area (Å²) in [6, 6.07) is -0.922. The second-order valence-electron chi connectivity index (χ2n) is 21.8. The van der Waals surface area contributed by atoms with Crippen LogP contribution in [0, 0.1) is 0 Å². The van der Waals surface area contributed by atoms with Crippen LogP contribution in [0.25, 0.3) is 0 Å². The monoisotopic (exact) mass is 1100 g/mol. The van der Waals surface area contributed by atoms with E-state index in [4.69, 9.17) is 13.8 Å². The zero-order chi connectivity index (χ0) is 57.2. The number of nitrogens with zero attached hydrogens (tertiary/aromatic N) is 1. The number of amides is 1. The molecule has 0 aromatic carbocycles. The van der Waals surface area contributed by atoms with Gasteiger partial charge < -0.3 is 28.5 Å². The number of hydrogen-bond donors (Lipinski definition) is 1. The number of phosphoric ester groups is 1. The van der Waals surface area contributed by atoms with Crippen LogP contribution in [-0.4, -0.2) is 69.4 Å². The lowest BCUT2D eigenvalue weighted by atomic mass is 10.1. The van der Waals surface area contributed by atoms with E-state index in [-0.39, 0.29) is 31.3 Å². The third-order valence-corrected chi connectivity index (χ3v) is 14.1. The molecule has 78 heavy (non-hydrogen) atoms. The molecular weight excluding hydrogens is 988 g/mol. The first kappa shape index (κ1) is 74.4. The number of carbonyl (C=O) groups excluding carboxylic acids is 2. The van der Waals surface area contributed by atoms with Gasteiger partial charge in [-0.25, -0.2) is 0 Å². The molecule has 446 valence electrons. The second-order valence-corrected chi connectivity index (χ2v) is 23.2. The van der Waals surface area contributed by atoms with Crippen LogP contribution >= 0.6 is 7.82 Å². The Bertz CT molecular complexity index is 1750. The zero-order valence-electron chi connectivity index (χ0n) is 50.8. The van der Waals surface area contributed by atoms with E-state index in [0.717, 1.165) is 122 Å². The molecule has 0 aliphatic rings. The van der Waals surface area contributed by atoms with E-state index in [1.54, 1.807) is 0 Å². The molecular formula is C68H117N2O7P. The molecule has 0 bridgehead atoms. The maximum atomic E-state index is 13.5. The number of unbranched alkanes of at least 4 members (excludes halogenated alkanes) is 21. The van der Waals surface area contributed by atoms with Crippen LogP contribution in [0.2, 0.25) is 0 Å². The Labute approximate surface area is 480 Å². The summed E-state index contributed by atoms with van der Waals surface area (Å²) in [5, 5.41) is 3.00. The van der Waals surface area contributed by atoms with Crippen molar-refractivity contribution in [3.8, 4) is 0 Å². The molecule has 10 heteroatoms. The molecule has 0 rings (SSSR count). The smallest absolute Gasteiger partial charge is 0.306 e. The number of rotatable bonds is 55. The SMILES string of the molecule is CC/C=C\C/C=C\C/C=C\C/C=C\C/C=C\CCCCCC(=O)NC(COP(=O)([O-])OCC[N+](C)(C)C)C(/C=C/CCCCCCCCCCCC)OC(=O)CCCCCCC/C=C\C/C=C\C/C=C\C/C=C\CCCCC. The van der Waals surface area contributed by atoms with Crippen molar-refractivity contribution in [3.63, 3.8) is 0 Å². The summed E-state index contributed by atoms with van der Waals surface area (Å²) in [7, 11) is 1.13. The molecule has 0 radical (unpaired) electrons. The van der Waals surface area contributed by atoms with Crippen LogP contribution < -0.4 is 10.2 Å². The van der Waals surface area contributed by atoms with E-state index < -0.39 is 26.6 Å². The molecule has 1 amide bonds. The van der Waals surface area contributed by atoms with E-state index in [2.05, 4.69) is 135 Å². The molecule has 0 saturated carbocycles. The predicted octanol–water partition coefficient (Wildman–Crippen LogP) is 18.9. The molecule has 0 aliphatic carbocycles. The number of carbonyl (C=O) groups is 2. The summed E-state index contributed by atoms with van der Waals surface area (Å²) in [6.07, 6.45) is 78.8. The fourth-order valence-corrected chi connectivity index (χ4v) is 9.02. The molecule has 1 N–H and O–H groups in total. The minimum absolute atomic E-state index is 0.0390. The third-order valence-electron chi connectivity index (χ3n) is 13.1. The van der Waals surface area contributed by atoms with Gasteiger partial charge in [-0.3, -0.25) is 14.2 Å². The quantitative estimate of drug-likeness (QED) is 0.0212. The highest BCUT2D eigenvalue weighted by molar-refractivity contribution is 7.45. The fraction of sp³-hybridized carbons (Fsp3) is 0.676. The Kier molecular flexibility index (Phi) is 54.1. The number of quaternary nitrogens is 1. The Morgan fingerprint density at radius 3 is 1.27 bits per heavy atom. The number of allylic oxidation sites excluding steroid dienone is 19. The first-order valence-electron chi connectivity index (χ1n) is 31.3. The molecule has 0 aromatic heterocycles. The Hall–Kier alpha value is -3.59. The highest BCUT2D eigenvalue weighted by Crippen LogP contribution is 2.38. The number of nitrogens with one attached hydrogen (secondary N) is 1. The van der Waals surface area contributed by atoms with Gasteiger partial charge in [-0.05, 0) is 122 Å². The molecule has 0 aliphatic heterocycles. The van der Waals surface area contributed by atoms with Crippen LogP contribution in [-0.2, 0) is 27.9 Å². The third kappa shape index (κ3) is 57.1. The minimum atomic E-state index is -4.72. The van der Waals surface area contributed by atoms with Crippen molar-refractivity contribution in [2.24, 2.45) is 0 Å². The van der Waals surface area contributed by atoms with Gasteiger partial charge in [0, 0.05) is 12.8 Å². The second kappa shape index (κ2) is 56.7. The van der Waals surface area contributed by atoms with Gasteiger partial charge in [0.2, 0.25) is 5.91 Å². The van der Waals surface area contributed by atoms with Crippen molar-refractivity contribution < 1.29 is 37.3 Å². The van der Waals surface area contributed by atoms with Crippen molar-refractivity contribution in [2.45, 2.75) is 258 Å². The maximum Gasteiger partial charge on any atom is 0.306 e. The summed E-state index contributed by atoms with van der Waals surface area (Å²) in [5.41, 5.74) is 0. The van der Waals surface area contributed by atoms with Gasteiger partial charge in [0.25, 0.3) is 7.82 Å². The average Bonchev–Trinajstić information content (AvgIpc) is 3.40. The zero-order valence-corrected chi connectivity index (χ0v) is 51.7. The molecule has 0 fully saturated rings. The summed E-state index contributed by atoms with van der Waals surface area (Å²) < 4.78 is 30.3. The molecule has 3 atom stereocenters. The summed E-state index contributed by atoms with van der Waals surface area (Å²) in [5.74, 6) is -0.607. The van der Waals surface area contributed by atoms with Gasteiger partial charge in [-0.15, -0.1) is 0 Å². The van der Waals surface area contributed by atoms with Gasteiger partial charge in [-0.1, -0.05) is 233 Å². The first-order valence-corrected chi connectivity index (χ1v) is 32.8. The molecule has 3 unspecified atom stereocenters. The van der Waals surface area contributed by atoms with Gasteiger partial charge in [0.05, 0.1) is 33.8 Å². The van der Waals surface area contributed by atoms with Gasteiger partial charge in [0.1, 0.15) is 19.3 Å².